The standard InChI is InChI=1S/C21H29N3O2/c1-14(2)24-13-17-8-6-10-19(21(17)23-24)22-20(25)12-16-7-5-9-18(11-16)26-15(3)4/h5,7,9,11,13-15,19H,6,8,10,12H2,1-4H3,(H,22,25). The fourth-order valence-corrected chi connectivity index (χ4v) is 3.40. The van der Waals surface area contributed by atoms with Crippen molar-refractivity contribution in [3.8, 4) is 5.75 Å². The van der Waals surface area contributed by atoms with Gasteiger partial charge in [-0.2, -0.15) is 5.10 Å². The van der Waals surface area contributed by atoms with Gasteiger partial charge < -0.3 is 10.1 Å². The molecule has 1 unspecified atom stereocenters. The number of aryl methyl sites for hydroxylation is 1. The Morgan fingerprint density at radius 2 is 2.15 bits per heavy atom. The van der Waals surface area contributed by atoms with Crippen molar-refractivity contribution in [2.24, 2.45) is 0 Å². The Hall–Kier alpha value is -2.30. The van der Waals surface area contributed by atoms with Gasteiger partial charge in [0.1, 0.15) is 5.75 Å². The number of hydrogen-bond acceptors (Lipinski definition) is 3. The van der Waals surface area contributed by atoms with Crippen LogP contribution in [0.25, 0.3) is 0 Å². The van der Waals surface area contributed by atoms with Gasteiger partial charge in [0.15, 0.2) is 0 Å². The number of fused-ring (bicyclic) bond motifs is 1. The maximum Gasteiger partial charge on any atom is 0.224 e. The fourth-order valence-electron chi connectivity index (χ4n) is 3.40. The summed E-state index contributed by atoms with van der Waals surface area (Å²) >= 11 is 0. The summed E-state index contributed by atoms with van der Waals surface area (Å²) in [4.78, 5) is 12.6. The largest absolute Gasteiger partial charge is 0.491 e. The van der Waals surface area contributed by atoms with Crippen molar-refractivity contribution in [1.82, 2.24) is 15.1 Å². The van der Waals surface area contributed by atoms with E-state index in [1.807, 2.05) is 42.8 Å². The van der Waals surface area contributed by atoms with Gasteiger partial charge in [0.05, 0.1) is 24.3 Å². The van der Waals surface area contributed by atoms with Gasteiger partial charge in [0, 0.05) is 12.2 Å². The molecule has 1 N–H and O–H groups in total. The molecular weight excluding hydrogens is 326 g/mol. The lowest BCUT2D eigenvalue weighted by Gasteiger charge is -2.22. The molecule has 1 aliphatic carbocycles. The van der Waals surface area contributed by atoms with Crippen LogP contribution in [0.4, 0.5) is 0 Å². The van der Waals surface area contributed by atoms with Crippen LogP contribution in [0.3, 0.4) is 0 Å². The third-order valence-corrected chi connectivity index (χ3v) is 4.61. The number of aromatic nitrogens is 2. The predicted molar refractivity (Wildman–Crippen MR) is 102 cm³/mol. The molecule has 2 aromatic rings. The zero-order valence-electron chi connectivity index (χ0n) is 16.2. The molecule has 0 saturated carbocycles. The number of carbonyl (C=O) groups is 1. The van der Waals surface area contributed by atoms with Gasteiger partial charge in [-0.1, -0.05) is 12.1 Å². The van der Waals surface area contributed by atoms with Gasteiger partial charge in [-0.05, 0) is 70.2 Å². The van der Waals surface area contributed by atoms with E-state index in [4.69, 9.17) is 9.84 Å². The SMILES string of the molecule is CC(C)Oc1cccc(CC(=O)NC2CCCc3cn(C(C)C)nc32)c1. The van der Waals surface area contributed by atoms with Crippen LogP contribution in [0.15, 0.2) is 30.5 Å². The van der Waals surface area contributed by atoms with Crippen LogP contribution in [0.1, 0.15) is 69.4 Å². The summed E-state index contributed by atoms with van der Waals surface area (Å²) in [6, 6.07) is 8.12. The highest BCUT2D eigenvalue weighted by Crippen LogP contribution is 2.29. The van der Waals surface area contributed by atoms with E-state index in [9.17, 15) is 4.79 Å². The Bertz CT molecular complexity index is 764. The number of rotatable bonds is 6. The van der Waals surface area contributed by atoms with Crippen LogP contribution in [0.2, 0.25) is 0 Å². The highest BCUT2D eigenvalue weighted by atomic mass is 16.5. The second kappa shape index (κ2) is 7.94. The van der Waals surface area contributed by atoms with Crippen molar-refractivity contribution in [1.29, 1.82) is 0 Å². The minimum atomic E-state index is 0.0151. The fraction of sp³-hybridized carbons (Fsp3) is 0.524. The number of ether oxygens (including phenoxy) is 1. The van der Waals surface area contributed by atoms with Gasteiger partial charge in [0.2, 0.25) is 5.91 Å². The van der Waals surface area contributed by atoms with Gasteiger partial charge in [-0.25, -0.2) is 0 Å². The van der Waals surface area contributed by atoms with Crippen LogP contribution >= 0.6 is 0 Å². The van der Waals surface area contributed by atoms with Crippen molar-refractivity contribution in [2.45, 2.75) is 71.6 Å². The molecule has 1 atom stereocenters. The first-order valence-corrected chi connectivity index (χ1v) is 9.55. The number of amides is 1. The highest BCUT2D eigenvalue weighted by molar-refractivity contribution is 5.79. The summed E-state index contributed by atoms with van der Waals surface area (Å²) in [5.41, 5.74) is 3.27. The maximum atomic E-state index is 12.6. The van der Waals surface area contributed by atoms with Crippen LogP contribution < -0.4 is 10.1 Å². The smallest absolute Gasteiger partial charge is 0.224 e. The second-order valence-corrected chi connectivity index (χ2v) is 7.62. The van der Waals surface area contributed by atoms with E-state index in [0.29, 0.717) is 12.5 Å². The number of hydrogen-bond donors (Lipinski definition) is 1. The summed E-state index contributed by atoms with van der Waals surface area (Å²) in [7, 11) is 0. The van der Waals surface area contributed by atoms with E-state index >= 15 is 0 Å². The molecule has 5 nitrogen and oxygen atoms in total. The van der Waals surface area contributed by atoms with Crippen LogP contribution in [0.5, 0.6) is 5.75 Å². The molecule has 0 spiro atoms. The molecule has 1 aromatic heterocycles. The Balaban J connectivity index is 1.66. The van der Waals surface area contributed by atoms with Gasteiger partial charge in [0.25, 0.3) is 0 Å². The van der Waals surface area contributed by atoms with Crippen molar-refractivity contribution < 1.29 is 9.53 Å². The van der Waals surface area contributed by atoms with Gasteiger partial charge in [-0.3, -0.25) is 9.48 Å². The van der Waals surface area contributed by atoms with E-state index in [0.717, 1.165) is 36.3 Å². The van der Waals surface area contributed by atoms with E-state index < -0.39 is 0 Å². The molecule has 0 radical (unpaired) electrons. The summed E-state index contributed by atoms with van der Waals surface area (Å²) in [6.45, 7) is 8.24. The number of nitrogens with one attached hydrogen (secondary N) is 1. The van der Waals surface area contributed by atoms with Crippen LogP contribution in [-0.2, 0) is 17.6 Å². The lowest BCUT2D eigenvalue weighted by molar-refractivity contribution is -0.121. The third kappa shape index (κ3) is 4.45. The predicted octanol–water partition coefficient (Wildman–Crippen LogP) is 3.99. The molecule has 1 aliphatic rings. The Morgan fingerprint density at radius 1 is 1.35 bits per heavy atom. The zero-order valence-corrected chi connectivity index (χ0v) is 16.2. The van der Waals surface area contributed by atoms with Crippen molar-refractivity contribution in [3.63, 3.8) is 0 Å². The molecule has 3 rings (SSSR count). The van der Waals surface area contributed by atoms with E-state index in [2.05, 4.69) is 25.4 Å². The van der Waals surface area contributed by atoms with Crippen LogP contribution in [-0.4, -0.2) is 21.8 Å². The molecule has 0 fully saturated rings. The maximum absolute atomic E-state index is 12.6. The molecule has 5 heteroatoms. The van der Waals surface area contributed by atoms with E-state index in [1.165, 1.54) is 5.56 Å². The van der Waals surface area contributed by atoms with Gasteiger partial charge >= 0.3 is 0 Å². The Morgan fingerprint density at radius 3 is 2.88 bits per heavy atom. The molecule has 26 heavy (non-hydrogen) atoms. The Kier molecular flexibility index (Phi) is 5.64. The lowest BCUT2D eigenvalue weighted by atomic mass is 9.93. The number of nitrogens with zero attached hydrogens (tertiary/aromatic N) is 2. The average molecular weight is 355 g/mol. The molecule has 0 bridgehead atoms. The van der Waals surface area contributed by atoms with E-state index in [-0.39, 0.29) is 18.1 Å². The minimum Gasteiger partial charge on any atom is -0.491 e. The highest BCUT2D eigenvalue weighted by Gasteiger charge is 2.25. The van der Waals surface area contributed by atoms with E-state index in [1.54, 1.807) is 0 Å². The third-order valence-electron chi connectivity index (χ3n) is 4.61. The molecular formula is C21H29N3O2. The summed E-state index contributed by atoms with van der Waals surface area (Å²) in [6.07, 6.45) is 5.68. The zero-order chi connectivity index (χ0) is 18.7. The normalized spacial score (nSPS) is 16.6. The van der Waals surface area contributed by atoms with Crippen molar-refractivity contribution in [2.75, 3.05) is 0 Å². The van der Waals surface area contributed by atoms with Gasteiger partial charge in [-0.15, -0.1) is 0 Å². The first-order chi connectivity index (χ1) is 12.4. The minimum absolute atomic E-state index is 0.0151. The number of carbonyl (C=O) groups excluding carboxylic acids is 1. The van der Waals surface area contributed by atoms with Crippen LogP contribution in [0, 0.1) is 0 Å². The second-order valence-electron chi connectivity index (χ2n) is 7.62. The summed E-state index contributed by atoms with van der Waals surface area (Å²) < 4.78 is 7.72. The summed E-state index contributed by atoms with van der Waals surface area (Å²) in [5.74, 6) is 0.838. The van der Waals surface area contributed by atoms with Crippen molar-refractivity contribution >= 4 is 5.91 Å². The molecule has 0 aliphatic heterocycles. The molecule has 1 aromatic carbocycles. The monoisotopic (exact) mass is 355 g/mol. The number of benzene rings is 1. The molecule has 1 heterocycles. The Labute approximate surface area is 155 Å². The van der Waals surface area contributed by atoms with Crippen molar-refractivity contribution in [3.05, 3.63) is 47.3 Å². The lowest BCUT2D eigenvalue weighted by Crippen LogP contribution is -2.32. The summed E-state index contributed by atoms with van der Waals surface area (Å²) in [5, 5.41) is 7.90. The average Bonchev–Trinajstić information content (AvgIpc) is 3.00. The molecule has 0 saturated heterocycles. The quantitative estimate of drug-likeness (QED) is 0.852. The topological polar surface area (TPSA) is 56.1 Å². The first kappa shape index (κ1) is 18.5. The molecule has 140 valence electrons. The first-order valence-electron chi connectivity index (χ1n) is 9.55. The molecule has 1 amide bonds.